The lowest BCUT2D eigenvalue weighted by molar-refractivity contribution is -0.115. The molecule has 2 aromatic heterocycles. The lowest BCUT2D eigenvalue weighted by atomic mass is 10.2. The highest BCUT2D eigenvalue weighted by Gasteiger charge is 2.19. The molecule has 4 rings (SSSR count). The molecule has 0 bridgehead atoms. The highest BCUT2D eigenvalue weighted by molar-refractivity contribution is 8.00. The summed E-state index contributed by atoms with van der Waals surface area (Å²) in [5.41, 5.74) is 3.55. The van der Waals surface area contributed by atoms with Gasteiger partial charge in [0.2, 0.25) is 11.1 Å². The number of imidazole rings is 1. The molecule has 142 valence electrons. The van der Waals surface area contributed by atoms with Gasteiger partial charge in [0.05, 0.1) is 22.0 Å². The van der Waals surface area contributed by atoms with Crippen LogP contribution in [0.1, 0.15) is 12.5 Å². The zero-order chi connectivity index (χ0) is 19.7. The Kier molecular flexibility index (Phi) is 4.70. The second kappa shape index (κ2) is 7.31. The Labute approximate surface area is 163 Å². The zero-order valence-electron chi connectivity index (χ0n) is 15.1. The van der Waals surface area contributed by atoms with Crippen LogP contribution in [0.5, 0.6) is 0 Å². The third kappa shape index (κ3) is 3.67. The van der Waals surface area contributed by atoms with Crippen LogP contribution in [-0.2, 0) is 4.79 Å². The van der Waals surface area contributed by atoms with Crippen molar-refractivity contribution < 1.29 is 4.79 Å². The summed E-state index contributed by atoms with van der Waals surface area (Å²) in [6.07, 6.45) is 0. The van der Waals surface area contributed by atoms with Crippen LogP contribution >= 0.6 is 11.8 Å². The van der Waals surface area contributed by atoms with Crippen molar-refractivity contribution in [3.8, 4) is 5.69 Å². The van der Waals surface area contributed by atoms with Gasteiger partial charge in [-0.1, -0.05) is 23.9 Å². The fourth-order valence-corrected chi connectivity index (χ4v) is 3.55. The predicted octanol–water partition coefficient (Wildman–Crippen LogP) is 2.26. The van der Waals surface area contributed by atoms with Gasteiger partial charge in [0.25, 0.3) is 0 Å². The maximum atomic E-state index is 12.6. The number of thioether (sulfide) groups is 1. The number of fused-ring (bicyclic) bond motifs is 1. The number of aromatic nitrogens is 6. The number of benzene rings is 2. The van der Waals surface area contributed by atoms with E-state index < -0.39 is 5.25 Å². The van der Waals surface area contributed by atoms with Crippen molar-refractivity contribution in [3.05, 3.63) is 58.5 Å². The van der Waals surface area contributed by atoms with Crippen molar-refractivity contribution >= 4 is 34.4 Å². The van der Waals surface area contributed by atoms with Crippen LogP contribution in [-0.4, -0.2) is 41.3 Å². The monoisotopic (exact) mass is 395 g/mol. The molecule has 10 heteroatoms. The highest BCUT2D eigenvalue weighted by Crippen LogP contribution is 2.24. The minimum Gasteiger partial charge on any atom is -0.325 e. The van der Waals surface area contributed by atoms with Crippen molar-refractivity contribution in [2.75, 3.05) is 5.32 Å². The third-order valence-electron chi connectivity index (χ3n) is 4.12. The average Bonchev–Trinajstić information content (AvgIpc) is 3.26. The molecule has 2 aromatic carbocycles. The van der Waals surface area contributed by atoms with Gasteiger partial charge in [0.1, 0.15) is 0 Å². The van der Waals surface area contributed by atoms with Gasteiger partial charge in [0.15, 0.2) is 0 Å². The second-order valence-corrected chi connectivity index (χ2v) is 7.61. The van der Waals surface area contributed by atoms with E-state index in [1.54, 1.807) is 29.8 Å². The summed E-state index contributed by atoms with van der Waals surface area (Å²) in [6, 6.07) is 13.0. The summed E-state index contributed by atoms with van der Waals surface area (Å²) in [4.78, 5) is 29.3. The molecule has 0 aliphatic heterocycles. The molecular weight excluding hydrogens is 378 g/mol. The van der Waals surface area contributed by atoms with Gasteiger partial charge < -0.3 is 15.3 Å². The van der Waals surface area contributed by atoms with E-state index >= 15 is 0 Å². The number of amides is 1. The Morgan fingerprint density at radius 3 is 2.82 bits per heavy atom. The normalized spacial score (nSPS) is 12.2. The summed E-state index contributed by atoms with van der Waals surface area (Å²) in [7, 11) is 0. The number of aryl methyl sites for hydroxylation is 1. The number of nitrogens with one attached hydrogen (secondary N) is 3. The molecule has 0 aliphatic rings. The fraction of sp³-hybridized carbons (Fsp3) is 0.167. The van der Waals surface area contributed by atoms with Crippen LogP contribution in [0.4, 0.5) is 5.69 Å². The van der Waals surface area contributed by atoms with Gasteiger partial charge in [-0.15, -0.1) is 5.10 Å². The van der Waals surface area contributed by atoms with Crippen LogP contribution in [0.2, 0.25) is 0 Å². The van der Waals surface area contributed by atoms with Crippen molar-refractivity contribution in [2.24, 2.45) is 0 Å². The summed E-state index contributed by atoms with van der Waals surface area (Å²) in [5, 5.41) is 14.7. The van der Waals surface area contributed by atoms with Crippen molar-refractivity contribution in [1.29, 1.82) is 0 Å². The Hall–Kier alpha value is -3.40. The number of aromatic amines is 2. The molecule has 2 heterocycles. The maximum Gasteiger partial charge on any atom is 0.323 e. The number of H-pyrrole nitrogens is 2. The number of tetrazole rings is 1. The molecule has 1 unspecified atom stereocenters. The Morgan fingerprint density at radius 1 is 1.18 bits per heavy atom. The quantitative estimate of drug-likeness (QED) is 0.446. The second-order valence-electron chi connectivity index (χ2n) is 6.30. The number of carbonyl (C=O) groups is 1. The summed E-state index contributed by atoms with van der Waals surface area (Å²) in [5.74, 6) is -0.193. The van der Waals surface area contributed by atoms with Gasteiger partial charge in [-0.05, 0) is 60.2 Å². The molecule has 0 radical (unpaired) electrons. The zero-order valence-corrected chi connectivity index (χ0v) is 15.9. The van der Waals surface area contributed by atoms with Gasteiger partial charge in [-0.25, -0.2) is 4.79 Å². The number of anilines is 1. The van der Waals surface area contributed by atoms with E-state index in [1.165, 1.54) is 11.8 Å². The van der Waals surface area contributed by atoms with Crippen molar-refractivity contribution in [3.63, 3.8) is 0 Å². The molecule has 4 aromatic rings. The van der Waals surface area contributed by atoms with E-state index in [-0.39, 0.29) is 11.6 Å². The van der Waals surface area contributed by atoms with Crippen LogP contribution in [0, 0.1) is 6.92 Å². The molecule has 0 aliphatic carbocycles. The third-order valence-corrected chi connectivity index (χ3v) is 5.16. The van der Waals surface area contributed by atoms with E-state index in [1.807, 2.05) is 31.2 Å². The number of rotatable bonds is 5. The maximum absolute atomic E-state index is 12.6. The first-order valence-electron chi connectivity index (χ1n) is 8.54. The largest absolute Gasteiger partial charge is 0.325 e. The van der Waals surface area contributed by atoms with Gasteiger partial charge in [-0.2, -0.15) is 4.68 Å². The van der Waals surface area contributed by atoms with Crippen molar-refractivity contribution in [2.45, 2.75) is 24.3 Å². The first-order valence-corrected chi connectivity index (χ1v) is 9.42. The molecule has 1 amide bonds. The van der Waals surface area contributed by atoms with Gasteiger partial charge in [0, 0.05) is 5.69 Å². The molecule has 0 saturated heterocycles. The van der Waals surface area contributed by atoms with Crippen LogP contribution in [0.25, 0.3) is 16.7 Å². The first-order chi connectivity index (χ1) is 13.5. The molecule has 9 nitrogen and oxygen atoms in total. The molecule has 0 fully saturated rings. The number of carbonyl (C=O) groups excluding carboxylic acids is 1. The fourth-order valence-electron chi connectivity index (χ4n) is 2.74. The van der Waals surface area contributed by atoms with E-state index in [2.05, 4.69) is 30.8 Å². The lowest BCUT2D eigenvalue weighted by Gasteiger charge is -2.12. The summed E-state index contributed by atoms with van der Waals surface area (Å²) < 4.78 is 1.61. The predicted molar refractivity (Wildman–Crippen MR) is 107 cm³/mol. The lowest BCUT2D eigenvalue weighted by Crippen LogP contribution is -2.22. The Morgan fingerprint density at radius 2 is 2.00 bits per heavy atom. The highest BCUT2D eigenvalue weighted by atomic mass is 32.2. The summed E-state index contributed by atoms with van der Waals surface area (Å²) >= 11 is 1.26. The molecule has 0 spiro atoms. The number of hydrogen-bond acceptors (Lipinski definition) is 6. The van der Waals surface area contributed by atoms with Gasteiger partial charge in [-0.3, -0.25) is 4.79 Å². The SMILES string of the molecule is Cc1cccc(-n2nnnc2SC(C)C(=O)Nc2ccc3[nH]c(=O)[nH]c3c2)c1. The van der Waals surface area contributed by atoms with E-state index in [0.29, 0.717) is 21.9 Å². The van der Waals surface area contributed by atoms with Crippen LogP contribution < -0.4 is 11.0 Å². The summed E-state index contributed by atoms with van der Waals surface area (Å²) in [6.45, 7) is 3.78. The standard InChI is InChI=1S/C18H17N7O2S/c1-10-4-3-5-13(8-10)25-18(22-23-24-25)28-11(2)16(26)19-12-6-7-14-15(9-12)21-17(27)20-14/h3-9,11H,1-2H3,(H,19,26)(H2,20,21,27). The minimum absolute atomic E-state index is 0.193. The van der Waals surface area contributed by atoms with E-state index in [0.717, 1.165) is 11.3 Å². The molecule has 28 heavy (non-hydrogen) atoms. The average molecular weight is 395 g/mol. The first kappa shape index (κ1) is 18.0. The van der Waals surface area contributed by atoms with Crippen LogP contribution in [0.15, 0.2) is 52.4 Å². The van der Waals surface area contributed by atoms with E-state index in [4.69, 9.17) is 0 Å². The van der Waals surface area contributed by atoms with Gasteiger partial charge >= 0.3 is 5.69 Å². The molecule has 0 saturated carbocycles. The Bertz CT molecular complexity index is 1210. The van der Waals surface area contributed by atoms with Crippen LogP contribution in [0.3, 0.4) is 0 Å². The Balaban J connectivity index is 1.49. The minimum atomic E-state index is -0.435. The molecule has 3 N–H and O–H groups in total. The van der Waals surface area contributed by atoms with E-state index in [9.17, 15) is 9.59 Å². The smallest absolute Gasteiger partial charge is 0.323 e. The number of hydrogen-bond donors (Lipinski definition) is 3. The number of nitrogens with zero attached hydrogens (tertiary/aromatic N) is 4. The topological polar surface area (TPSA) is 121 Å². The molecule has 1 atom stereocenters. The molecular formula is C18H17N7O2S. The van der Waals surface area contributed by atoms with Crippen molar-refractivity contribution in [1.82, 2.24) is 30.2 Å².